The molecule has 2 amide bonds. The van der Waals surface area contributed by atoms with Gasteiger partial charge < -0.3 is 14.7 Å². The lowest BCUT2D eigenvalue weighted by Crippen LogP contribution is -2.44. The minimum absolute atomic E-state index is 0.262. The van der Waals surface area contributed by atoms with Crippen LogP contribution in [0.25, 0.3) is 0 Å². The molecule has 1 heterocycles. The Kier molecular flexibility index (Phi) is 5.16. The normalized spacial score (nSPS) is 17.8. The number of methoxy groups -OCH3 is 1. The van der Waals surface area contributed by atoms with Crippen LogP contribution in [0, 0.1) is 5.92 Å². The fourth-order valence-electron chi connectivity index (χ4n) is 2.56. The van der Waals surface area contributed by atoms with Crippen molar-refractivity contribution >= 4 is 17.7 Å². The van der Waals surface area contributed by atoms with Gasteiger partial charge in [0.1, 0.15) is 6.54 Å². The van der Waals surface area contributed by atoms with Crippen molar-refractivity contribution in [3.05, 3.63) is 30.3 Å². The summed E-state index contributed by atoms with van der Waals surface area (Å²) in [5, 5.41) is 9.04. The minimum atomic E-state index is -1.03. The van der Waals surface area contributed by atoms with E-state index in [4.69, 9.17) is 9.84 Å². The van der Waals surface area contributed by atoms with Gasteiger partial charge in [0.05, 0.1) is 6.61 Å². The second kappa shape index (κ2) is 7.08. The third-order valence-electron chi connectivity index (χ3n) is 3.55. The predicted molar refractivity (Wildman–Crippen MR) is 78.4 cm³/mol. The lowest BCUT2D eigenvalue weighted by atomic mass is 10.1. The molecule has 0 radical (unpaired) electrons. The number of hydrogen-bond acceptors (Lipinski definition) is 3. The van der Waals surface area contributed by atoms with E-state index < -0.39 is 5.97 Å². The molecule has 0 spiro atoms. The molecule has 1 aliphatic heterocycles. The minimum Gasteiger partial charge on any atom is -0.480 e. The van der Waals surface area contributed by atoms with E-state index in [1.807, 2.05) is 6.07 Å². The molecule has 6 heteroatoms. The van der Waals surface area contributed by atoms with E-state index in [-0.39, 0.29) is 12.6 Å². The van der Waals surface area contributed by atoms with Crippen LogP contribution in [-0.4, -0.2) is 55.4 Å². The fourth-order valence-corrected chi connectivity index (χ4v) is 2.56. The van der Waals surface area contributed by atoms with Crippen molar-refractivity contribution in [2.75, 3.05) is 38.3 Å². The SMILES string of the molecule is COCC1CCN(C(=O)N(CC(=O)O)c2ccccc2)C1. The van der Waals surface area contributed by atoms with Crippen molar-refractivity contribution in [2.24, 2.45) is 5.92 Å². The number of benzene rings is 1. The highest BCUT2D eigenvalue weighted by atomic mass is 16.5. The van der Waals surface area contributed by atoms with Crippen molar-refractivity contribution in [3.63, 3.8) is 0 Å². The van der Waals surface area contributed by atoms with Crippen LogP contribution < -0.4 is 4.90 Å². The van der Waals surface area contributed by atoms with Crippen molar-refractivity contribution in [3.8, 4) is 0 Å². The number of ether oxygens (including phenoxy) is 1. The molecule has 21 heavy (non-hydrogen) atoms. The van der Waals surface area contributed by atoms with Gasteiger partial charge in [0.25, 0.3) is 0 Å². The van der Waals surface area contributed by atoms with E-state index in [1.165, 1.54) is 4.90 Å². The monoisotopic (exact) mass is 292 g/mol. The van der Waals surface area contributed by atoms with Gasteiger partial charge in [-0.1, -0.05) is 18.2 Å². The maximum Gasteiger partial charge on any atom is 0.325 e. The molecule has 1 fully saturated rings. The summed E-state index contributed by atoms with van der Waals surface area (Å²) in [6, 6.07) is 8.62. The second-order valence-corrected chi connectivity index (χ2v) is 5.15. The largest absolute Gasteiger partial charge is 0.480 e. The predicted octanol–water partition coefficient (Wildman–Crippen LogP) is 1.67. The number of para-hydroxylation sites is 1. The molecule has 0 bridgehead atoms. The summed E-state index contributed by atoms with van der Waals surface area (Å²) >= 11 is 0. The summed E-state index contributed by atoms with van der Waals surface area (Å²) in [6.07, 6.45) is 0.884. The number of aliphatic carboxylic acids is 1. The summed E-state index contributed by atoms with van der Waals surface area (Å²) in [5.74, 6) is -0.707. The Morgan fingerprint density at radius 1 is 1.38 bits per heavy atom. The summed E-state index contributed by atoms with van der Waals surface area (Å²) in [6.45, 7) is 1.52. The van der Waals surface area contributed by atoms with Gasteiger partial charge in [-0.3, -0.25) is 9.69 Å². The smallest absolute Gasteiger partial charge is 0.325 e. The number of carboxylic acid groups (broad SMARTS) is 1. The van der Waals surface area contributed by atoms with E-state index in [2.05, 4.69) is 0 Å². The number of hydrogen-bond donors (Lipinski definition) is 1. The lowest BCUT2D eigenvalue weighted by molar-refractivity contribution is -0.135. The maximum atomic E-state index is 12.6. The number of anilines is 1. The number of likely N-dealkylation sites (tertiary alicyclic amines) is 1. The number of carbonyl (C=O) groups is 2. The Balaban J connectivity index is 2.10. The molecule has 1 aromatic rings. The Morgan fingerprint density at radius 3 is 2.71 bits per heavy atom. The number of rotatable bonds is 5. The fraction of sp³-hybridized carbons (Fsp3) is 0.467. The molecule has 6 nitrogen and oxygen atoms in total. The average molecular weight is 292 g/mol. The zero-order valence-electron chi connectivity index (χ0n) is 12.1. The van der Waals surface area contributed by atoms with Crippen molar-refractivity contribution < 1.29 is 19.4 Å². The van der Waals surface area contributed by atoms with Crippen LogP contribution in [0.1, 0.15) is 6.42 Å². The van der Waals surface area contributed by atoms with E-state index in [9.17, 15) is 9.59 Å². The number of amides is 2. The van der Waals surface area contributed by atoms with Gasteiger partial charge in [0.2, 0.25) is 0 Å². The molecule has 1 saturated heterocycles. The highest BCUT2D eigenvalue weighted by Gasteiger charge is 2.30. The number of nitrogens with zero attached hydrogens (tertiary/aromatic N) is 2. The van der Waals surface area contributed by atoms with Gasteiger partial charge in [-0.2, -0.15) is 0 Å². The Bertz CT molecular complexity index is 492. The summed E-state index contributed by atoms with van der Waals surface area (Å²) in [7, 11) is 1.64. The molecule has 1 atom stereocenters. The molecular weight excluding hydrogens is 272 g/mol. The van der Waals surface area contributed by atoms with E-state index >= 15 is 0 Å². The molecule has 1 unspecified atom stereocenters. The molecule has 0 aromatic heterocycles. The third-order valence-corrected chi connectivity index (χ3v) is 3.55. The third kappa shape index (κ3) is 3.95. The molecule has 0 saturated carbocycles. The Morgan fingerprint density at radius 2 is 2.10 bits per heavy atom. The standard InChI is InChI=1S/C15H20N2O4/c1-21-11-12-7-8-16(9-12)15(20)17(10-14(18)19)13-5-3-2-4-6-13/h2-6,12H,7-11H2,1H3,(H,18,19). The summed E-state index contributed by atoms with van der Waals surface area (Å²) in [4.78, 5) is 26.6. The topological polar surface area (TPSA) is 70.1 Å². The number of carbonyl (C=O) groups excluding carboxylic acids is 1. The second-order valence-electron chi connectivity index (χ2n) is 5.15. The molecule has 1 aromatic carbocycles. The van der Waals surface area contributed by atoms with Crippen LogP contribution in [0.5, 0.6) is 0 Å². The van der Waals surface area contributed by atoms with Crippen molar-refractivity contribution in [2.45, 2.75) is 6.42 Å². The van der Waals surface area contributed by atoms with Crippen LogP contribution in [0.3, 0.4) is 0 Å². The summed E-state index contributed by atoms with van der Waals surface area (Å²) < 4.78 is 5.12. The van der Waals surface area contributed by atoms with E-state index in [1.54, 1.807) is 36.3 Å². The van der Waals surface area contributed by atoms with Crippen LogP contribution in [-0.2, 0) is 9.53 Å². The zero-order valence-corrected chi connectivity index (χ0v) is 12.1. The zero-order chi connectivity index (χ0) is 15.2. The number of urea groups is 1. The van der Waals surface area contributed by atoms with Gasteiger partial charge in [-0.15, -0.1) is 0 Å². The first-order valence-corrected chi connectivity index (χ1v) is 6.94. The first kappa shape index (κ1) is 15.3. The van der Waals surface area contributed by atoms with Gasteiger partial charge in [0.15, 0.2) is 0 Å². The first-order chi connectivity index (χ1) is 10.1. The first-order valence-electron chi connectivity index (χ1n) is 6.94. The van der Waals surface area contributed by atoms with Gasteiger partial charge in [0, 0.05) is 31.8 Å². The van der Waals surface area contributed by atoms with Crippen molar-refractivity contribution in [1.29, 1.82) is 0 Å². The average Bonchev–Trinajstić information content (AvgIpc) is 2.94. The van der Waals surface area contributed by atoms with Gasteiger partial charge >= 0.3 is 12.0 Å². The van der Waals surface area contributed by atoms with E-state index in [0.29, 0.717) is 31.3 Å². The molecule has 2 rings (SSSR count). The van der Waals surface area contributed by atoms with Crippen LogP contribution in [0.4, 0.5) is 10.5 Å². The molecule has 0 aliphatic carbocycles. The van der Waals surface area contributed by atoms with Crippen LogP contribution >= 0.6 is 0 Å². The van der Waals surface area contributed by atoms with Crippen LogP contribution in [0.15, 0.2) is 30.3 Å². The lowest BCUT2D eigenvalue weighted by Gasteiger charge is -2.27. The summed E-state index contributed by atoms with van der Waals surface area (Å²) in [5.41, 5.74) is 0.597. The molecule has 114 valence electrons. The van der Waals surface area contributed by atoms with Gasteiger partial charge in [-0.25, -0.2) is 4.79 Å². The Labute approximate surface area is 123 Å². The highest BCUT2D eigenvalue weighted by molar-refractivity contribution is 5.96. The molecule has 1 aliphatic rings. The van der Waals surface area contributed by atoms with E-state index in [0.717, 1.165) is 6.42 Å². The molecule has 1 N–H and O–H groups in total. The maximum absolute atomic E-state index is 12.6. The quantitative estimate of drug-likeness (QED) is 0.896. The number of carboxylic acids is 1. The van der Waals surface area contributed by atoms with Crippen molar-refractivity contribution in [1.82, 2.24) is 4.90 Å². The molecular formula is C15H20N2O4. The highest BCUT2D eigenvalue weighted by Crippen LogP contribution is 2.21. The van der Waals surface area contributed by atoms with Gasteiger partial charge in [-0.05, 0) is 18.6 Å². The Hall–Kier alpha value is -2.08. The van der Waals surface area contributed by atoms with Crippen LogP contribution in [0.2, 0.25) is 0 Å².